The largest absolute Gasteiger partial charge is 0.497 e. The summed E-state index contributed by atoms with van der Waals surface area (Å²) in [6.07, 6.45) is 0.696. The van der Waals surface area contributed by atoms with Crippen molar-refractivity contribution in [3.63, 3.8) is 0 Å². The van der Waals surface area contributed by atoms with Crippen molar-refractivity contribution in [2.24, 2.45) is 0 Å². The molecule has 1 amide bonds. The van der Waals surface area contributed by atoms with E-state index in [0.717, 1.165) is 10.6 Å². The molecule has 9 heteroatoms. The molecule has 2 aromatic carbocycles. The second kappa shape index (κ2) is 8.32. The molecule has 33 heavy (non-hydrogen) atoms. The number of aromatic nitrogens is 2. The first-order valence-corrected chi connectivity index (χ1v) is 11.4. The lowest BCUT2D eigenvalue weighted by atomic mass is 9.98. The van der Waals surface area contributed by atoms with Crippen molar-refractivity contribution in [2.75, 3.05) is 18.6 Å². The Morgan fingerprint density at radius 3 is 2.48 bits per heavy atom. The number of benzene rings is 2. The van der Waals surface area contributed by atoms with Gasteiger partial charge in [-0.15, -0.1) is 10.2 Å². The van der Waals surface area contributed by atoms with Crippen molar-refractivity contribution in [2.45, 2.75) is 26.3 Å². The molecule has 168 valence electrons. The highest BCUT2D eigenvalue weighted by Gasteiger charge is 2.45. The minimum absolute atomic E-state index is 0.00730. The van der Waals surface area contributed by atoms with E-state index in [1.54, 1.807) is 18.2 Å². The molecule has 0 fully saturated rings. The van der Waals surface area contributed by atoms with Crippen molar-refractivity contribution in [1.29, 1.82) is 0 Å². The Morgan fingerprint density at radius 2 is 1.82 bits per heavy atom. The number of methoxy groups -OCH3 is 1. The maximum Gasteiger partial charge on any atom is 0.297 e. The summed E-state index contributed by atoms with van der Waals surface area (Å²) in [5, 5.41) is 10.0. The van der Waals surface area contributed by atoms with Crippen molar-refractivity contribution in [1.82, 2.24) is 10.2 Å². The maximum absolute atomic E-state index is 13.6. The quantitative estimate of drug-likeness (QED) is 0.419. The first kappa shape index (κ1) is 21.1. The van der Waals surface area contributed by atoms with Gasteiger partial charge in [-0.2, -0.15) is 0 Å². The van der Waals surface area contributed by atoms with Crippen LogP contribution in [-0.4, -0.2) is 29.8 Å². The summed E-state index contributed by atoms with van der Waals surface area (Å²) >= 11 is 1.32. The first-order chi connectivity index (χ1) is 16.0. The molecule has 0 saturated carbocycles. The van der Waals surface area contributed by atoms with Crippen LogP contribution in [0.25, 0.3) is 11.0 Å². The molecule has 1 atom stereocenters. The number of aryl methyl sites for hydroxylation is 1. The zero-order chi connectivity index (χ0) is 23.1. The number of nitrogens with zero attached hydrogens (tertiary/aromatic N) is 3. The number of hydrogen-bond donors (Lipinski definition) is 0. The van der Waals surface area contributed by atoms with Gasteiger partial charge in [-0.05, 0) is 43.2 Å². The fraction of sp³-hybridized carbons (Fsp3) is 0.250. The summed E-state index contributed by atoms with van der Waals surface area (Å²) in [4.78, 5) is 28.7. The molecule has 1 aliphatic rings. The molecule has 4 aromatic rings. The molecule has 1 aliphatic heterocycles. The SMILES string of the molecule is CCOc1ccc(C2c3c(oc4cc(OC)ccc4c3=O)C(=O)N2c2nnc(CC)s2)cc1. The molecular weight excluding hydrogens is 442 g/mol. The lowest BCUT2D eigenvalue weighted by Gasteiger charge is -2.22. The molecule has 5 rings (SSSR count). The van der Waals surface area contributed by atoms with E-state index < -0.39 is 11.9 Å². The molecular formula is C24H21N3O5S. The summed E-state index contributed by atoms with van der Waals surface area (Å²) in [5.74, 6) is 0.823. The van der Waals surface area contributed by atoms with E-state index in [0.29, 0.717) is 40.6 Å². The van der Waals surface area contributed by atoms with E-state index in [4.69, 9.17) is 13.9 Å². The minimum Gasteiger partial charge on any atom is -0.497 e. The monoisotopic (exact) mass is 463 g/mol. The van der Waals surface area contributed by atoms with Gasteiger partial charge in [0.25, 0.3) is 5.91 Å². The van der Waals surface area contributed by atoms with Gasteiger partial charge in [0.05, 0.1) is 30.7 Å². The molecule has 0 bridgehead atoms. The third kappa shape index (κ3) is 3.45. The number of amides is 1. The van der Waals surface area contributed by atoms with Gasteiger partial charge in [-0.1, -0.05) is 30.4 Å². The average Bonchev–Trinajstić information content (AvgIpc) is 3.42. The predicted octanol–water partition coefficient (Wildman–Crippen LogP) is 4.36. The van der Waals surface area contributed by atoms with Crippen molar-refractivity contribution in [3.8, 4) is 11.5 Å². The van der Waals surface area contributed by atoms with Crippen LogP contribution in [-0.2, 0) is 6.42 Å². The highest BCUT2D eigenvalue weighted by Crippen LogP contribution is 2.42. The molecule has 0 N–H and O–H groups in total. The van der Waals surface area contributed by atoms with Crippen LogP contribution in [0.3, 0.4) is 0 Å². The van der Waals surface area contributed by atoms with Crippen molar-refractivity contribution >= 4 is 33.3 Å². The predicted molar refractivity (Wildman–Crippen MR) is 125 cm³/mol. The minimum atomic E-state index is -0.691. The number of carbonyl (C=O) groups excluding carboxylic acids is 1. The van der Waals surface area contributed by atoms with Crippen LogP contribution in [0.2, 0.25) is 0 Å². The Kier molecular flexibility index (Phi) is 5.33. The van der Waals surface area contributed by atoms with Gasteiger partial charge in [0.1, 0.15) is 22.1 Å². The van der Waals surface area contributed by atoms with Gasteiger partial charge in [0, 0.05) is 6.07 Å². The van der Waals surface area contributed by atoms with Gasteiger partial charge in [-0.25, -0.2) is 0 Å². The van der Waals surface area contributed by atoms with Crippen LogP contribution < -0.4 is 19.8 Å². The van der Waals surface area contributed by atoms with Gasteiger partial charge in [0.15, 0.2) is 5.43 Å². The standard InChI is InChI=1S/C24H21N3O5S/c1-4-18-25-26-24(33-18)27-20(13-6-8-14(9-7-13)31-5-2)19-21(28)16-11-10-15(30-3)12-17(16)32-22(19)23(27)29/h6-12,20H,4-5H2,1-3H3. The third-order valence-electron chi connectivity index (χ3n) is 5.55. The number of fused-ring (bicyclic) bond motifs is 2. The molecule has 0 spiro atoms. The van der Waals surface area contributed by atoms with Crippen LogP contribution >= 0.6 is 11.3 Å². The molecule has 2 aromatic heterocycles. The van der Waals surface area contributed by atoms with Gasteiger partial charge >= 0.3 is 0 Å². The number of ether oxygens (including phenoxy) is 2. The Bertz CT molecular complexity index is 1410. The first-order valence-electron chi connectivity index (χ1n) is 10.6. The molecule has 0 radical (unpaired) electrons. The second-order valence-corrected chi connectivity index (χ2v) is 8.49. The Morgan fingerprint density at radius 1 is 1.06 bits per heavy atom. The normalized spacial score (nSPS) is 15.2. The van der Waals surface area contributed by atoms with Crippen LogP contribution in [0.4, 0.5) is 5.13 Å². The number of rotatable bonds is 6. The maximum atomic E-state index is 13.6. The van der Waals surface area contributed by atoms with Crippen LogP contribution in [0.1, 0.15) is 46.6 Å². The molecule has 8 nitrogen and oxygen atoms in total. The lowest BCUT2D eigenvalue weighted by Crippen LogP contribution is -2.29. The molecule has 0 saturated heterocycles. The zero-order valence-electron chi connectivity index (χ0n) is 18.3. The van der Waals surface area contributed by atoms with Gasteiger partial charge in [-0.3, -0.25) is 14.5 Å². The van der Waals surface area contributed by atoms with E-state index in [2.05, 4.69) is 10.2 Å². The smallest absolute Gasteiger partial charge is 0.297 e. The third-order valence-corrected chi connectivity index (χ3v) is 6.62. The Labute approximate surface area is 193 Å². The van der Waals surface area contributed by atoms with E-state index in [1.165, 1.54) is 23.3 Å². The molecule has 0 aliphatic carbocycles. The highest BCUT2D eigenvalue weighted by atomic mass is 32.1. The summed E-state index contributed by atoms with van der Waals surface area (Å²) in [5.41, 5.74) is 1.07. The van der Waals surface area contributed by atoms with E-state index in [9.17, 15) is 9.59 Å². The van der Waals surface area contributed by atoms with Crippen LogP contribution in [0, 0.1) is 0 Å². The van der Waals surface area contributed by atoms with E-state index in [1.807, 2.05) is 38.1 Å². The summed E-state index contributed by atoms with van der Waals surface area (Å²) in [6.45, 7) is 4.42. The number of carbonyl (C=O) groups is 1. The zero-order valence-corrected chi connectivity index (χ0v) is 19.1. The number of anilines is 1. The highest BCUT2D eigenvalue weighted by molar-refractivity contribution is 7.15. The van der Waals surface area contributed by atoms with Crippen molar-refractivity contribution in [3.05, 3.63) is 74.6 Å². The molecule has 3 heterocycles. The Balaban J connectivity index is 1.73. The second-order valence-electron chi connectivity index (χ2n) is 7.45. The van der Waals surface area contributed by atoms with Crippen LogP contribution in [0.15, 0.2) is 51.7 Å². The van der Waals surface area contributed by atoms with Crippen LogP contribution in [0.5, 0.6) is 11.5 Å². The summed E-state index contributed by atoms with van der Waals surface area (Å²) in [6, 6.07) is 11.6. The summed E-state index contributed by atoms with van der Waals surface area (Å²) < 4.78 is 16.8. The topological polar surface area (TPSA) is 94.8 Å². The lowest BCUT2D eigenvalue weighted by molar-refractivity contribution is 0.0970. The number of hydrogen-bond acceptors (Lipinski definition) is 8. The van der Waals surface area contributed by atoms with Crippen molar-refractivity contribution < 1.29 is 18.7 Å². The van der Waals surface area contributed by atoms with Gasteiger partial charge in [0.2, 0.25) is 10.9 Å². The van der Waals surface area contributed by atoms with E-state index in [-0.39, 0.29) is 16.8 Å². The fourth-order valence-corrected chi connectivity index (χ4v) is 4.79. The average molecular weight is 464 g/mol. The van der Waals surface area contributed by atoms with E-state index >= 15 is 0 Å². The van der Waals surface area contributed by atoms with Gasteiger partial charge < -0.3 is 13.9 Å². The Hall–Kier alpha value is -3.72. The fourth-order valence-electron chi connectivity index (χ4n) is 3.99. The summed E-state index contributed by atoms with van der Waals surface area (Å²) in [7, 11) is 1.53. The molecule has 1 unspecified atom stereocenters.